The first-order valence-electron chi connectivity index (χ1n) is 11.2. The number of aliphatic hydroxyl groups is 1. The number of hydrogen-bond acceptors (Lipinski definition) is 6. The third-order valence-corrected chi connectivity index (χ3v) is 7.12. The maximum absolute atomic E-state index is 13.4. The second kappa shape index (κ2) is 10.5. The van der Waals surface area contributed by atoms with Crippen molar-refractivity contribution in [2.45, 2.75) is 23.2 Å². The molecule has 3 aromatic rings. The molecule has 34 heavy (non-hydrogen) atoms. The standard InChI is InChI=1S/C27H30N2O4S/c1-18-5-9-21(10-6-18)33-22-13-14-23-24(17-22)34-26(19-7-11-20(32-4)12-8-19)25(30)27(31)29(23)16-15-28(2)3/h5-14,17,25-26,30H,15-16H2,1-4H3/t25-,26+/m1/s1. The van der Waals surface area contributed by atoms with Crippen LogP contribution in [0.4, 0.5) is 5.69 Å². The molecule has 3 aromatic carbocycles. The molecule has 0 fully saturated rings. The number of ether oxygens (including phenoxy) is 2. The topological polar surface area (TPSA) is 62.2 Å². The van der Waals surface area contributed by atoms with E-state index in [1.807, 2.05) is 92.6 Å². The second-order valence-corrected chi connectivity index (χ2v) is 9.78. The Kier molecular flexibility index (Phi) is 7.46. The number of amides is 1. The Balaban J connectivity index is 1.71. The van der Waals surface area contributed by atoms with Gasteiger partial charge in [0, 0.05) is 18.0 Å². The second-order valence-electron chi connectivity index (χ2n) is 8.59. The molecule has 1 aliphatic heterocycles. The summed E-state index contributed by atoms with van der Waals surface area (Å²) in [4.78, 5) is 18.0. The van der Waals surface area contributed by atoms with Crippen LogP contribution in [0.1, 0.15) is 16.4 Å². The minimum Gasteiger partial charge on any atom is -0.497 e. The average Bonchev–Trinajstić information content (AvgIpc) is 2.93. The van der Waals surface area contributed by atoms with E-state index in [1.165, 1.54) is 11.8 Å². The van der Waals surface area contributed by atoms with Gasteiger partial charge in [0.05, 0.1) is 18.0 Å². The third kappa shape index (κ3) is 5.38. The summed E-state index contributed by atoms with van der Waals surface area (Å²) in [5.74, 6) is 1.85. The number of aliphatic hydroxyl groups excluding tert-OH is 1. The minimum atomic E-state index is -1.19. The zero-order chi connectivity index (χ0) is 24.2. The molecule has 1 aliphatic rings. The summed E-state index contributed by atoms with van der Waals surface area (Å²) in [6, 6.07) is 21.1. The lowest BCUT2D eigenvalue weighted by Crippen LogP contribution is -2.43. The van der Waals surface area contributed by atoms with Gasteiger partial charge in [0.15, 0.2) is 0 Å². The number of carbonyl (C=O) groups excluding carboxylic acids is 1. The van der Waals surface area contributed by atoms with E-state index < -0.39 is 11.4 Å². The van der Waals surface area contributed by atoms with Crippen molar-refractivity contribution in [1.29, 1.82) is 0 Å². The van der Waals surface area contributed by atoms with Crippen molar-refractivity contribution < 1.29 is 19.4 Å². The molecule has 0 unspecified atom stereocenters. The molecule has 178 valence electrons. The smallest absolute Gasteiger partial charge is 0.257 e. The lowest BCUT2D eigenvalue weighted by molar-refractivity contribution is -0.126. The van der Waals surface area contributed by atoms with Gasteiger partial charge >= 0.3 is 0 Å². The van der Waals surface area contributed by atoms with E-state index in [1.54, 1.807) is 12.0 Å². The predicted molar refractivity (Wildman–Crippen MR) is 136 cm³/mol. The first kappa shape index (κ1) is 24.1. The molecule has 0 radical (unpaired) electrons. The van der Waals surface area contributed by atoms with Crippen LogP contribution in [-0.4, -0.2) is 56.3 Å². The summed E-state index contributed by atoms with van der Waals surface area (Å²) < 4.78 is 11.4. The van der Waals surface area contributed by atoms with Crippen LogP contribution in [0.2, 0.25) is 0 Å². The van der Waals surface area contributed by atoms with Gasteiger partial charge in [-0.15, -0.1) is 11.8 Å². The largest absolute Gasteiger partial charge is 0.497 e. The summed E-state index contributed by atoms with van der Waals surface area (Å²) in [6.07, 6.45) is -1.19. The Morgan fingerprint density at radius 3 is 2.26 bits per heavy atom. The van der Waals surface area contributed by atoms with Gasteiger partial charge in [0.25, 0.3) is 5.91 Å². The summed E-state index contributed by atoms with van der Waals surface area (Å²) >= 11 is 1.47. The Morgan fingerprint density at radius 1 is 0.971 bits per heavy atom. The quantitative estimate of drug-likeness (QED) is 0.521. The molecule has 1 N–H and O–H groups in total. The third-order valence-electron chi connectivity index (χ3n) is 5.75. The van der Waals surface area contributed by atoms with Crippen LogP contribution in [0, 0.1) is 6.92 Å². The van der Waals surface area contributed by atoms with E-state index >= 15 is 0 Å². The summed E-state index contributed by atoms with van der Waals surface area (Å²) in [5, 5.41) is 10.7. The SMILES string of the molecule is COc1ccc([C@@H]2Sc3cc(Oc4ccc(C)cc4)ccc3N(CCN(C)C)C(=O)[C@@H]2O)cc1. The van der Waals surface area contributed by atoms with E-state index in [2.05, 4.69) is 0 Å². The first-order valence-corrected chi connectivity index (χ1v) is 12.1. The van der Waals surface area contributed by atoms with Crippen LogP contribution in [0.15, 0.2) is 71.6 Å². The number of fused-ring (bicyclic) bond motifs is 1. The lowest BCUT2D eigenvalue weighted by atomic mass is 10.1. The van der Waals surface area contributed by atoms with E-state index in [-0.39, 0.29) is 5.91 Å². The number of aryl methyl sites for hydroxylation is 1. The van der Waals surface area contributed by atoms with Crippen molar-refractivity contribution in [3.05, 3.63) is 77.9 Å². The molecule has 1 heterocycles. The molecule has 2 atom stereocenters. The average molecular weight is 479 g/mol. The normalized spacial score (nSPS) is 17.9. The maximum atomic E-state index is 13.4. The van der Waals surface area contributed by atoms with Crippen LogP contribution in [-0.2, 0) is 4.79 Å². The van der Waals surface area contributed by atoms with E-state index in [4.69, 9.17) is 9.47 Å². The zero-order valence-corrected chi connectivity index (χ0v) is 20.7. The highest BCUT2D eigenvalue weighted by molar-refractivity contribution is 7.99. The molecule has 0 aromatic heterocycles. The predicted octanol–water partition coefficient (Wildman–Crippen LogP) is 4.90. The first-order chi connectivity index (χ1) is 16.4. The van der Waals surface area contributed by atoms with Crippen molar-refractivity contribution in [3.8, 4) is 17.2 Å². The fraction of sp³-hybridized carbons (Fsp3) is 0.296. The van der Waals surface area contributed by atoms with E-state index in [0.29, 0.717) is 18.8 Å². The molecule has 6 nitrogen and oxygen atoms in total. The summed E-state index contributed by atoms with van der Waals surface area (Å²) in [5.41, 5.74) is 2.80. The monoisotopic (exact) mass is 478 g/mol. The Bertz CT molecular complexity index is 1130. The van der Waals surface area contributed by atoms with Crippen molar-refractivity contribution in [3.63, 3.8) is 0 Å². The van der Waals surface area contributed by atoms with Gasteiger partial charge in [-0.25, -0.2) is 0 Å². The van der Waals surface area contributed by atoms with Crippen molar-refractivity contribution in [2.75, 3.05) is 39.2 Å². The van der Waals surface area contributed by atoms with Crippen molar-refractivity contribution in [2.24, 2.45) is 0 Å². The van der Waals surface area contributed by atoms with Gasteiger partial charge in [-0.05, 0) is 69.0 Å². The van der Waals surface area contributed by atoms with Crippen LogP contribution in [0.25, 0.3) is 0 Å². The maximum Gasteiger partial charge on any atom is 0.257 e. The molecule has 4 rings (SSSR count). The Morgan fingerprint density at radius 2 is 1.62 bits per heavy atom. The molecule has 7 heteroatoms. The number of thioether (sulfide) groups is 1. The Labute approximate surface area is 205 Å². The van der Waals surface area contributed by atoms with Crippen LogP contribution in [0.5, 0.6) is 17.2 Å². The number of carbonyl (C=O) groups is 1. The molecule has 0 spiro atoms. The molecule has 0 saturated heterocycles. The van der Waals surface area contributed by atoms with Crippen LogP contribution in [0.3, 0.4) is 0 Å². The molecular formula is C27H30N2O4S. The lowest BCUT2D eigenvalue weighted by Gasteiger charge is -2.26. The fourth-order valence-corrected chi connectivity index (χ4v) is 5.10. The zero-order valence-electron chi connectivity index (χ0n) is 19.9. The van der Waals surface area contributed by atoms with Gasteiger partial charge < -0.3 is 24.4 Å². The summed E-state index contributed by atoms with van der Waals surface area (Å²) in [6.45, 7) is 3.19. The highest BCUT2D eigenvalue weighted by atomic mass is 32.2. The highest BCUT2D eigenvalue weighted by Crippen LogP contribution is 2.47. The fourth-order valence-electron chi connectivity index (χ4n) is 3.80. The number of methoxy groups -OCH3 is 1. The van der Waals surface area contributed by atoms with Crippen LogP contribution < -0.4 is 14.4 Å². The van der Waals surface area contributed by atoms with Gasteiger partial charge in [0.2, 0.25) is 0 Å². The molecule has 0 aliphatic carbocycles. The van der Waals surface area contributed by atoms with Crippen LogP contribution >= 0.6 is 11.8 Å². The number of hydrogen-bond donors (Lipinski definition) is 1. The highest BCUT2D eigenvalue weighted by Gasteiger charge is 2.37. The van der Waals surface area contributed by atoms with Crippen molar-refractivity contribution in [1.82, 2.24) is 4.90 Å². The van der Waals surface area contributed by atoms with E-state index in [9.17, 15) is 9.90 Å². The molecule has 0 saturated carbocycles. The Hall–Kier alpha value is -3.00. The molecule has 0 bridgehead atoms. The summed E-state index contributed by atoms with van der Waals surface area (Å²) in [7, 11) is 5.54. The van der Waals surface area contributed by atoms with Gasteiger partial charge in [-0.1, -0.05) is 29.8 Å². The van der Waals surface area contributed by atoms with Gasteiger partial charge in [-0.2, -0.15) is 0 Å². The number of rotatable bonds is 7. The molecular weight excluding hydrogens is 448 g/mol. The minimum absolute atomic E-state index is 0.305. The molecule has 1 amide bonds. The van der Waals surface area contributed by atoms with E-state index in [0.717, 1.165) is 33.2 Å². The number of likely N-dealkylation sites (N-methyl/N-ethyl adjacent to an activating group) is 1. The number of anilines is 1. The van der Waals surface area contributed by atoms with Gasteiger partial charge in [0.1, 0.15) is 23.4 Å². The number of benzene rings is 3. The van der Waals surface area contributed by atoms with Gasteiger partial charge in [-0.3, -0.25) is 4.79 Å². The van der Waals surface area contributed by atoms with Crippen molar-refractivity contribution >= 4 is 23.4 Å². The number of nitrogens with zero attached hydrogens (tertiary/aromatic N) is 2.